The van der Waals surface area contributed by atoms with E-state index >= 15 is 0 Å². The molecule has 0 heterocycles. The van der Waals surface area contributed by atoms with Gasteiger partial charge in [0.25, 0.3) is 5.91 Å². The number of sulfonamides is 1. The molecule has 0 fully saturated rings. The minimum Gasteiger partial charge on any atom is -0.272 e. The average Bonchev–Trinajstić information content (AvgIpc) is 2.64. The molecule has 0 aliphatic rings. The Balaban J connectivity index is 2.23. The molecule has 8 heteroatoms. The highest BCUT2D eigenvalue weighted by Gasteiger charge is 2.26. The van der Waals surface area contributed by atoms with Gasteiger partial charge in [0.15, 0.2) is 0 Å². The summed E-state index contributed by atoms with van der Waals surface area (Å²) in [5.74, 6) is -0.498. The van der Waals surface area contributed by atoms with Crippen LogP contribution in [0.5, 0.6) is 0 Å². The van der Waals surface area contributed by atoms with E-state index in [9.17, 15) is 13.2 Å². The van der Waals surface area contributed by atoms with Gasteiger partial charge in [-0.3, -0.25) is 4.79 Å². The van der Waals surface area contributed by atoms with Gasteiger partial charge in [-0.2, -0.15) is 9.41 Å². The Hall–Kier alpha value is -2.22. The molecule has 0 saturated carbocycles. The van der Waals surface area contributed by atoms with Gasteiger partial charge in [-0.15, -0.1) is 0 Å². The van der Waals surface area contributed by atoms with Crippen molar-refractivity contribution in [3.05, 3.63) is 65.2 Å². The number of halogens is 1. The smallest absolute Gasteiger partial charge is 0.255 e. The lowest BCUT2D eigenvalue weighted by Gasteiger charge is -2.21. The number of benzene rings is 2. The fraction of sp³-hybridized carbons (Fsp3) is 0.263. The molecule has 0 aromatic heterocycles. The first-order chi connectivity index (χ1) is 12.8. The van der Waals surface area contributed by atoms with Crippen molar-refractivity contribution in [1.29, 1.82) is 0 Å². The van der Waals surface area contributed by atoms with Crippen LogP contribution in [0.25, 0.3) is 0 Å². The third kappa shape index (κ3) is 6.46. The maximum absolute atomic E-state index is 13.0. The highest BCUT2D eigenvalue weighted by Crippen LogP contribution is 2.19. The number of nitrogens with one attached hydrogen (secondary N) is 1. The van der Waals surface area contributed by atoms with E-state index in [1.807, 2.05) is 30.3 Å². The average molecular weight is 408 g/mol. The predicted molar refractivity (Wildman–Crippen MR) is 107 cm³/mol. The van der Waals surface area contributed by atoms with Gasteiger partial charge >= 0.3 is 0 Å². The zero-order chi connectivity index (χ0) is 19.9. The van der Waals surface area contributed by atoms with Gasteiger partial charge in [-0.25, -0.2) is 13.8 Å². The second kappa shape index (κ2) is 9.64. The van der Waals surface area contributed by atoms with Crippen LogP contribution >= 0.6 is 11.6 Å². The standard InChI is InChI=1S/C19H22ClN3O3S/c1-15(2)21-22-19(24)14-23(13-12-16-6-4-3-5-7-16)27(25,26)18-10-8-17(20)9-11-18/h3-11H,12-14H2,1-2H3,(H,22,24). The van der Waals surface area contributed by atoms with Crippen molar-refractivity contribution >= 4 is 33.2 Å². The highest BCUT2D eigenvalue weighted by atomic mass is 35.5. The maximum atomic E-state index is 13.0. The molecule has 1 amide bonds. The van der Waals surface area contributed by atoms with Crippen LogP contribution in [0, 0.1) is 0 Å². The molecule has 2 rings (SSSR count). The first-order valence-corrected chi connectivity index (χ1v) is 10.2. The molecular formula is C19H22ClN3O3S. The Morgan fingerprint density at radius 1 is 1.07 bits per heavy atom. The van der Waals surface area contributed by atoms with Gasteiger partial charge in [0.05, 0.1) is 11.4 Å². The molecular weight excluding hydrogens is 386 g/mol. The molecule has 0 aliphatic heterocycles. The molecule has 0 bridgehead atoms. The molecule has 1 N–H and O–H groups in total. The minimum atomic E-state index is -3.86. The van der Waals surface area contributed by atoms with Gasteiger partial charge in [0.2, 0.25) is 10.0 Å². The maximum Gasteiger partial charge on any atom is 0.255 e. The molecule has 27 heavy (non-hydrogen) atoms. The number of hydrogen-bond acceptors (Lipinski definition) is 4. The third-order valence-electron chi connectivity index (χ3n) is 3.67. The van der Waals surface area contributed by atoms with Gasteiger partial charge in [-0.05, 0) is 50.1 Å². The molecule has 2 aromatic rings. The van der Waals surface area contributed by atoms with Crippen LogP contribution in [0.1, 0.15) is 19.4 Å². The fourth-order valence-corrected chi connectivity index (χ4v) is 3.83. The predicted octanol–water partition coefficient (Wildman–Crippen LogP) is 3.09. The van der Waals surface area contributed by atoms with Gasteiger partial charge < -0.3 is 0 Å². The summed E-state index contributed by atoms with van der Waals surface area (Å²) in [4.78, 5) is 12.2. The van der Waals surface area contributed by atoms with E-state index in [2.05, 4.69) is 10.5 Å². The van der Waals surface area contributed by atoms with Crippen LogP contribution < -0.4 is 5.43 Å². The Kier molecular flexibility index (Phi) is 7.53. The largest absolute Gasteiger partial charge is 0.272 e. The van der Waals surface area contributed by atoms with Crippen molar-refractivity contribution in [2.75, 3.05) is 13.1 Å². The van der Waals surface area contributed by atoms with Crippen molar-refractivity contribution in [3.8, 4) is 0 Å². The molecule has 144 valence electrons. The Bertz CT molecular complexity index is 894. The summed E-state index contributed by atoms with van der Waals surface area (Å²) in [6.07, 6.45) is 0.483. The number of amides is 1. The summed E-state index contributed by atoms with van der Waals surface area (Å²) in [6.45, 7) is 3.31. The monoisotopic (exact) mass is 407 g/mol. The van der Waals surface area contributed by atoms with Crippen LogP contribution in [0.4, 0.5) is 0 Å². The van der Waals surface area contributed by atoms with Gasteiger partial charge in [0.1, 0.15) is 0 Å². The molecule has 6 nitrogen and oxygen atoms in total. The summed E-state index contributed by atoms with van der Waals surface area (Å²) >= 11 is 5.85. The number of nitrogens with zero attached hydrogens (tertiary/aromatic N) is 2. The van der Waals surface area contributed by atoms with E-state index in [4.69, 9.17) is 11.6 Å². The molecule has 0 aliphatic carbocycles. The topological polar surface area (TPSA) is 78.8 Å². The Morgan fingerprint density at radius 2 is 1.70 bits per heavy atom. The van der Waals surface area contributed by atoms with Gasteiger partial charge in [0, 0.05) is 17.3 Å². The number of hydrogen-bond donors (Lipinski definition) is 1. The number of carbonyl (C=O) groups is 1. The zero-order valence-electron chi connectivity index (χ0n) is 15.2. The first-order valence-electron chi connectivity index (χ1n) is 8.38. The molecule has 0 radical (unpaired) electrons. The second-order valence-corrected chi connectivity index (χ2v) is 8.50. The van der Waals surface area contributed by atoms with E-state index < -0.39 is 15.9 Å². The van der Waals surface area contributed by atoms with Crippen LogP contribution in [0.15, 0.2) is 64.6 Å². The van der Waals surface area contributed by atoms with Crippen molar-refractivity contribution in [1.82, 2.24) is 9.73 Å². The third-order valence-corrected chi connectivity index (χ3v) is 5.78. The lowest BCUT2D eigenvalue weighted by atomic mass is 10.1. The van der Waals surface area contributed by atoms with Gasteiger partial charge in [-0.1, -0.05) is 41.9 Å². The fourth-order valence-electron chi connectivity index (χ4n) is 2.31. The van der Waals surface area contributed by atoms with Crippen LogP contribution in [0.3, 0.4) is 0 Å². The lowest BCUT2D eigenvalue weighted by molar-refractivity contribution is -0.121. The molecule has 0 spiro atoms. The summed E-state index contributed by atoms with van der Waals surface area (Å²) in [5, 5.41) is 4.28. The number of hydrazone groups is 1. The summed E-state index contributed by atoms with van der Waals surface area (Å²) in [6, 6.07) is 15.4. The van der Waals surface area contributed by atoms with E-state index in [1.54, 1.807) is 13.8 Å². The Morgan fingerprint density at radius 3 is 2.30 bits per heavy atom. The zero-order valence-corrected chi connectivity index (χ0v) is 16.8. The quantitative estimate of drug-likeness (QED) is 0.539. The van der Waals surface area contributed by atoms with Crippen LogP contribution in [-0.2, 0) is 21.2 Å². The van der Waals surface area contributed by atoms with E-state index in [1.165, 1.54) is 24.3 Å². The number of rotatable bonds is 8. The second-order valence-electron chi connectivity index (χ2n) is 6.12. The number of carbonyl (C=O) groups excluding carboxylic acids is 1. The summed E-state index contributed by atoms with van der Waals surface area (Å²) in [7, 11) is -3.86. The van der Waals surface area contributed by atoms with Crippen molar-refractivity contribution in [2.45, 2.75) is 25.2 Å². The molecule has 0 unspecified atom stereocenters. The SMILES string of the molecule is CC(C)=NNC(=O)CN(CCc1ccccc1)S(=O)(=O)c1ccc(Cl)cc1. The molecule has 0 saturated heterocycles. The van der Waals surface area contributed by atoms with Crippen molar-refractivity contribution in [3.63, 3.8) is 0 Å². The van der Waals surface area contributed by atoms with E-state index in [0.29, 0.717) is 17.2 Å². The molecule has 2 aromatic carbocycles. The van der Waals surface area contributed by atoms with E-state index in [0.717, 1.165) is 9.87 Å². The Labute approximate surface area is 164 Å². The normalized spacial score (nSPS) is 11.3. The summed E-state index contributed by atoms with van der Waals surface area (Å²) in [5.41, 5.74) is 4.01. The summed E-state index contributed by atoms with van der Waals surface area (Å²) < 4.78 is 27.2. The highest BCUT2D eigenvalue weighted by molar-refractivity contribution is 7.89. The van der Waals surface area contributed by atoms with Crippen molar-refractivity contribution in [2.24, 2.45) is 5.10 Å². The van der Waals surface area contributed by atoms with Crippen LogP contribution in [0.2, 0.25) is 5.02 Å². The molecule has 0 atom stereocenters. The van der Waals surface area contributed by atoms with Crippen molar-refractivity contribution < 1.29 is 13.2 Å². The minimum absolute atomic E-state index is 0.0861. The lowest BCUT2D eigenvalue weighted by Crippen LogP contribution is -2.40. The van der Waals surface area contributed by atoms with Crippen LogP contribution in [-0.4, -0.2) is 37.4 Å². The first kappa shape index (κ1) is 21.1. The van der Waals surface area contributed by atoms with E-state index in [-0.39, 0.29) is 18.0 Å².